The zero-order valence-corrected chi connectivity index (χ0v) is 9.72. The third kappa shape index (κ3) is 5.69. The fourth-order valence-corrected chi connectivity index (χ4v) is 1.51. The summed E-state index contributed by atoms with van der Waals surface area (Å²) in [5.41, 5.74) is 1.05. The summed E-state index contributed by atoms with van der Waals surface area (Å²) in [5, 5.41) is 3.25. The Bertz CT molecular complexity index is 142. The van der Waals surface area contributed by atoms with E-state index in [9.17, 15) is 0 Å². The second-order valence-electron chi connectivity index (χ2n) is 4.13. The number of hydrogen-bond acceptors (Lipinski definition) is 2. The summed E-state index contributed by atoms with van der Waals surface area (Å²) in [6, 6.07) is 1.24. The van der Waals surface area contributed by atoms with Crippen LogP contribution < -0.4 is 5.32 Å². The topological polar surface area (TPSA) is 15.3 Å². The van der Waals surface area contributed by atoms with Gasteiger partial charge in [0.1, 0.15) is 0 Å². The summed E-state index contributed by atoms with van der Waals surface area (Å²) in [6.45, 7) is 16.8. The maximum Gasteiger partial charge on any atom is 0.0271 e. The molecule has 0 amide bonds. The average Bonchev–Trinajstić information content (AvgIpc) is 1.95. The SMILES string of the molecule is C=C(C)NCCN(C(C)C)C(C)C. The molecule has 0 rings (SSSR count). The van der Waals surface area contributed by atoms with E-state index >= 15 is 0 Å². The van der Waals surface area contributed by atoms with Crippen LogP contribution in [-0.4, -0.2) is 30.1 Å². The zero-order valence-electron chi connectivity index (χ0n) is 9.72. The molecule has 0 aromatic rings. The summed E-state index contributed by atoms with van der Waals surface area (Å²) in [6.07, 6.45) is 0. The van der Waals surface area contributed by atoms with E-state index in [1.165, 1.54) is 0 Å². The van der Waals surface area contributed by atoms with Gasteiger partial charge in [0.15, 0.2) is 0 Å². The van der Waals surface area contributed by atoms with Crippen molar-refractivity contribution in [1.82, 2.24) is 10.2 Å². The maximum absolute atomic E-state index is 3.81. The van der Waals surface area contributed by atoms with Gasteiger partial charge in [-0.25, -0.2) is 0 Å². The highest BCUT2D eigenvalue weighted by molar-refractivity contribution is 4.84. The number of rotatable bonds is 6. The van der Waals surface area contributed by atoms with Crippen LogP contribution >= 0.6 is 0 Å². The minimum Gasteiger partial charge on any atom is -0.388 e. The van der Waals surface area contributed by atoms with Crippen LogP contribution in [0.15, 0.2) is 12.3 Å². The molecule has 0 fully saturated rings. The van der Waals surface area contributed by atoms with Crippen LogP contribution in [0.3, 0.4) is 0 Å². The van der Waals surface area contributed by atoms with Crippen LogP contribution in [0, 0.1) is 0 Å². The van der Waals surface area contributed by atoms with Gasteiger partial charge in [0.05, 0.1) is 0 Å². The van der Waals surface area contributed by atoms with Gasteiger partial charge < -0.3 is 5.32 Å². The average molecular weight is 184 g/mol. The van der Waals surface area contributed by atoms with Crippen molar-refractivity contribution < 1.29 is 0 Å². The third-order valence-electron chi connectivity index (χ3n) is 2.12. The molecule has 0 saturated heterocycles. The lowest BCUT2D eigenvalue weighted by Crippen LogP contribution is -2.41. The Morgan fingerprint density at radius 2 is 1.69 bits per heavy atom. The third-order valence-corrected chi connectivity index (χ3v) is 2.12. The molecule has 2 nitrogen and oxygen atoms in total. The number of allylic oxidation sites excluding steroid dienone is 1. The summed E-state index contributed by atoms with van der Waals surface area (Å²) >= 11 is 0. The van der Waals surface area contributed by atoms with Gasteiger partial charge in [0.25, 0.3) is 0 Å². The summed E-state index contributed by atoms with van der Waals surface area (Å²) in [7, 11) is 0. The van der Waals surface area contributed by atoms with E-state index in [0.29, 0.717) is 12.1 Å². The van der Waals surface area contributed by atoms with E-state index in [1.807, 2.05) is 6.92 Å². The Labute approximate surface area is 83.0 Å². The first-order valence-corrected chi connectivity index (χ1v) is 5.10. The van der Waals surface area contributed by atoms with Gasteiger partial charge in [-0.05, 0) is 34.6 Å². The molecule has 0 spiro atoms. The molecule has 78 valence electrons. The number of nitrogens with zero attached hydrogens (tertiary/aromatic N) is 1. The molecule has 0 aliphatic carbocycles. The highest BCUT2D eigenvalue weighted by atomic mass is 15.2. The molecule has 0 aliphatic heterocycles. The fourth-order valence-electron chi connectivity index (χ4n) is 1.51. The van der Waals surface area contributed by atoms with Crippen molar-refractivity contribution >= 4 is 0 Å². The van der Waals surface area contributed by atoms with Gasteiger partial charge in [-0.15, -0.1) is 0 Å². The van der Waals surface area contributed by atoms with Crippen LogP contribution in [0.25, 0.3) is 0 Å². The molecular weight excluding hydrogens is 160 g/mol. The van der Waals surface area contributed by atoms with E-state index in [0.717, 1.165) is 18.8 Å². The van der Waals surface area contributed by atoms with Gasteiger partial charge in [0.2, 0.25) is 0 Å². The van der Waals surface area contributed by atoms with Crippen molar-refractivity contribution in [3.63, 3.8) is 0 Å². The first kappa shape index (κ1) is 12.5. The van der Waals surface area contributed by atoms with Crippen LogP contribution in [0.5, 0.6) is 0 Å². The van der Waals surface area contributed by atoms with E-state index in [1.54, 1.807) is 0 Å². The van der Waals surface area contributed by atoms with Crippen LogP contribution in [0.2, 0.25) is 0 Å². The molecule has 1 N–H and O–H groups in total. The number of nitrogens with one attached hydrogen (secondary N) is 1. The highest BCUT2D eigenvalue weighted by Gasteiger charge is 2.11. The lowest BCUT2D eigenvalue weighted by Gasteiger charge is -2.30. The van der Waals surface area contributed by atoms with Gasteiger partial charge in [-0.3, -0.25) is 4.90 Å². The van der Waals surface area contributed by atoms with Crippen molar-refractivity contribution in [3.05, 3.63) is 12.3 Å². The molecule has 0 saturated carbocycles. The minimum atomic E-state index is 0.618. The molecule has 0 aromatic carbocycles. The van der Waals surface area contributed by atoms with Gasteiger partial charge in [-0.1, -0.05) is 6.58 Å². The van der Waals surface area contributed by atoms with Gasteiger partial charge in [0, 0.05) is 30.9 Å². The molecule has 0 atom stereocenters. The van der Waals surface area contributed by atoms with Crippen molar-refractivity contribution in [2.24, 2.45) is 0 Å². The zero-order chi connectivity index (χ0) is 10.4. The van der Waals surface area contributed by atoms with E-state index < -0.39 is 0 Å². The number of hydrogen-bond donors (Lipinski definition) is 1. The monoisotopic (exact) mass is 184 g/mol. The van der Waals surface area contributed by atoms with Crippen molar-refractivity contribution in [2.75, 3.05) is 13.1 Å². The lowest BCUT2D eigenvalue weighted by molar-refractivity contribution is 0.177. The highest BCUT2D eigenvalue weighted by Crippen LogP contribution is 2.03. The van der Waals surface area contributed by atoms with Gasteiger partial charge in [-0.2, -0.15) is 0 Å². The predicted octanol–water partition coefficient (Wildman–Crippen LogP) is 2.23. The Hall–Kier alpha value is -0.500. The molecule has 0 heterocycles. The summed E-state index contributed by atoms with van der Waals surface area (Å²) in [4.78, 5) is 2.47. The Balaban J connectivity index is 3.77. The predicted molar refractivity (Wildman–Crippen MR) is 59.8 cm³/mol. The Morgan fingerprint density at radius 1 is 1.23 bits per heavy atom. The van der Waals surface area contributed by atoms with Crippen molar-refractivity contribution in [2.45, 2.75) is 46.7 Å². The quantitative estimate of drug-likeness (QED) is 0.681. The molecule has 13 heavy (non-hydrogen) atoms. The molecular formula is C11H24N2. The molecule has 0 radical (unpaired) electrons. The Morgan fingerprint density at radius 3 is 2.00 bits per heavy atom. The fraction of sp³-hybridized carbons (Fsp3) is 0.818. The molecule has 2 heteroatoms. The normalized spacial score (nSPS) is 11.4. The first-order valence-electron chi connectivity index (χ1n) is 5.10. The smallest absolute Gasteiger partial charge is 0.0271 e. The molecule has 0 aliphatic rings. The minimum absolute atomic E-state index is 0.618. The van der Waals surface area contributed by atoms with Crippen molar-refractivity contribution in [1.29, 1.82) is 0 Å². The van der Waals surface area contributed by atoms with E-state index in [-0.39, 0.29) is 0 Å². The van der Waals surface area contributed by atoms with Crippen LogP contribution in [0.4, 0.5) is 0 Å². The maximum atomic E-state index is 3.81. The lowest BCUT2D eigenvalue weighted by atomic mass is 10.2. The van der Waals surface area contributed by atoms with E-state index in [2.05, 4.69) is 44.5 Å². The summed E-state index contributed by atoms with van der Waals surface area (Å²) in [5.74, 6) is 0. The van der Waals surface area contributed by atoms with Crippen LogP contribution in [-0.2, 0) is 0 Å². The Kier molecular flexibility index (Phi) is 5.80. The second kappa shape index (κ2) is 6.03. The standard InChI is InChI=1S/C11H24N2/c1-9(2)12-7-8-13(10(3)4)11(5)6/h10-12H,1,7-8H2,2-6H3. The van der Waals surface area contributed by atoms with Crippen LogP contribution in [0.1, 0.15) is 34.6 Å². The molecule has 0 bridgehead atoms. The molecule has 0 unspecified atom stereocenters. The van der Waals surface area contributed by atoms with Gasteiger partial charge >= 0.3 is 0 Å². The summed E-state index contributed by atoms with van der Waals surface area (Å²) < 4.78 is 0. The molecule has 0 aromatic heterocycles. The van der Waals surface area contributed by atoms with Crippen molar-refractivity contribution in [3.8, 4) is 0 Å². The first-order chi connectivity index (χ1) is 5.95. The van der Waals surface area contributed by atoms with E-state index in [4.69, 9.17) is 0 Å². The largest absolute Gasteiger partial charge is 0.388 e. The second-order valence-corrected chi connectivity index (χ2v) is 4.13.